The summed E-state index contributed by atoms with van der Waals surface area (Å²) in [5.74, 6) is 2.29. The van der Waals surface area contributed by atoms with E-state index in [0.29, 0.717) is 19.6 Å². The van der Waals surface area contributed by atoms with Gasteiger partial charge in [0, 0.05) is 13.1 Å². The molecule has 132 valence electrons. The first-order valence-electron chi connectivity index (χ1n) is 8.11. The number of carbonyl (C=O) groups excluding carboxylic acids is 1. The molecule has 2 aromatic carbocycles. The Bertz CT molecular complexity index is 748. The smallest absolute Gasteiger partial charge is 0.234 e. The fourth-order valence-electron chi connectivity index (χ4n) is 2.69. The molecule has 0 unspecified atom stereocenters. The van der Waals surface area contributed by atoms with Crippen LogP contribution in [0.2, 0.25) is 0 Å². The van der Waals surface area contributed by atoms with Crippen LogP contribution < -0.4 is 19.5 Å². The third-order valence-electron chi connectivity index (χ3n) is 3.93. The van der Waals surface area contributed by atoms with Crippen molar-refractivity contribution in [3.63, 3.8) is 0 Å². The average molecular weight is 342 g/mol. The molecule has 0 radical (unpaired) electrons. The Morgan fingerprint density at radius 3 is 2.84 bits per heavy atom. The van der Waals surface area contributed by atoms with Crippen LogP contribution in [0, 0.1) is 0 Å². The number of likely N-dealkylation sites (N-methyl/N-ethyl adjacent to an activating group) is 1. The van der Waals surface area contributed by atoms with Crippen LogP contribution in [-0.4, -0.2) is 38.3 Å². The van der Waals surface area contributed by atoms with E-state index in [1.165, 1.54) is 0 Å². The molecule has 6 nitrogen and oxygen atoms in total. The highest BCUT2D eigenvalue weighted by Gasteiger charge is 2.14. The minimum Gasteiger partial charge on any atom is -0.497 e. The predicted octanol–water partition coefficient (Wildman–Crippen LogP) is 2.17. The van der Waals surface area contributed by atoms with Gasteiger partial charge in [-0.15, -0.1) is 0 Å². The van der Waals surface area contributed by atoms with Crippen molar-refractivity contribution in [3.05, 3.63) is 53.6 Å². The van der Waals surface area contributed by atoms with Gasteiger partial charge in [-0.2, -0.15) is 0 Å². The average Bonchev–Trinajstić information content (AvgIpc) is 3.08. The molecule has 0 saturated carbocycles. The summed E-state index contributed by atoms with van der Waals surface area (Å²) >= 11 is 0. The van der Waals surface area contributed by atoms with Crippen LogP contribution in [0.4, 0.5) is 0 Å². The number of rotatable bonds is 7. The maximum atomic E-state index is 12.1. The highest BCUT2D eigenvalue weighted by atomic mass is 16.7. The lowest BCUT2D eigenvalue weighted by Gasteiger charge is -2.16. The number of hydrogen-bond donors (Lipinski definition) is 1. The second-order valence-corrected chi connectivity index (χ2v) is 5.99. The van der Waals surface area contributed by atoms with Gasteiger partial charge in [-0.3, -0.25) is 9.69 Å². The maximum Gasteiger partial charge on any atom is 0.234 e. The molecule has 25 heavy (non-hydrogen) atoms. The highest BCUT2D eigenvalue weighted by molar-refractivity contribution is 5.78. The van der Waals surface area contributed by atoms with Crippen molar-refractivity contribution in [3.8, 4) is 17.2 Å². The number of hydrogen-bond acceptors (Lipinski definition) is 5. The van der Waals surface area contributed by atoms with Crippen LogP contribution in [0.3, 0.4) is 0 Å². The van der Waals surface area contributed by atoms with E-state index in [1.54, 1.807) is 7.11 Å². The van der Waals surface area contributed by atoms with Crippen molar-refractivity contribution in [1.82, 2.24) is 10.2 Å². The van der Waals surface area contributed by atoms with E-state index in [-0.39, 0.29) is 12.7 Å². The van der Waals surface area contributed by atoms with Crippen LogP contribution in [-0.2, 0) is 17.9 Å². The summed E-state index contributed by atoms with van der Waals surface area (Å²) in [5.41, 5.74) is 2.08. The first-order chi connectivity index (χ1) is 12.1. The van der Waals surface area contributed by atoms with E-state index in [1.807, 2.05) is 54.4 Å². The number of fused-ring (bicyclic) bond motifs is 1. The molecule has 0 bridgehead atoms. The molecular formula is C19H22N2O4. The summed E-state index contributed by atoms with van der Waals surface area (Å²) in [7, 11) is 3.54. The van der Waals surface area contributed by atoms with Crippen LogP contribution >= 0.6 is 0 Å². The molecule has 1 aliphatic heterocycles. The normalized spacial score (nSPS) is 12.3. The zero-order valence-corrected chi connectivity index (χ0v) is 14.5. The maximum absolute atomic E-state index is 12.1. The quantitative estimate of drug-likeness (QED) is 0.836. The Morgan fingerprint density at radius 2 is 2.00 bits per heavy atom. The number of methoxy groups -OCH3 is 1. The Morgan fingerprint density at radius 1 is 1.16 bits per heavy atom. The molecule has 1 aliphatic rings. The Balaban J connectivity index is 1.47. The Labute approximate surface area is 147 Å². The molecule has 0 saturated heterocycles. The van der Waals surface area contributed by atoms with Gasteiger partial charge in [0.2, 0.25) is 12.7 Å². The molecule has 0 spiro atoms. The minimum atomic E-state index is -0.0222. The van der Waals surface area contributed by atoms with E-state index in [0.717, 1.165) is 28.4 Å². The van der Waals surface area contributed by atoms with Crippen molar-refractivity contribution in [2.24, 2.45) is 0 Å². The molecule has 1 N–H and O–H groups in total. The first kappa shape index (κ1) is 17.1. The number of nitrogens with one attached hydrogen (secondary N) is 1. The van der Waals surface area contributed by atoms with Crippen LogP contribution in [0.15, 0.2) is 42.5 Å². The number of nitrogens with zero attached hydrogens (tertiary/aromatic N) is 1. The monoisotopic (exact) mass is 342 g/mol. The van der Waals surface area contributed by atoms with Crippen molar-refractivity contribution in [2.75, 3.05) is 27.5 Å². The van der Waals surface area contributed by atoms with E-state index in [9.17, 15) is 4.79 Å². The number of amides is 1. The predicted molar refractivity (Wildman–Crippen MR) is 93.7 cm³/mol. The molecule has 0 fully saturated rings. The van der Waals surface area contributed by atoms with Gasteiger partial charge in [-0.05, 0) is 42.4 Å². The van der Waals surface area contributed by atoms with Crippen LogP contribution in [0.25, 0.3) is 0 Å². The summed E-state index contributed by atoms with van der Waals surface area (Å²) in [6.45, 7) is 1.72. The van der Waals surface area contributed by atoms with Gasteiger partial charge in [0.15, 0.2) is 11.5 Å². The molecule has 1 amide bonds. The number of benzene rings is 2. The van der Waals surface area contributed by atoms with Gasteiger partial charge in [0.05, 0.1) is 13.7 Å². The fraction of sp³-hybridized carbons (Fsp3) is 0.316. The lowest BCUT2D eigenvalue weighted by atomic mass is 10.2. The molecule has 3 rings (SSSR count). The summed E-state index contributed by atoms with van der Waals surface area (Å²) in [4.78, 5) is 14.1. The third-order valence-corrected chi connectivity index (χ3v) is 3.93. The molecule has 0 atom stereocenters. The lowest BCUT2D eigenvalue weighted by Crippen LogP contribution is -2.34. The van der Waals surface area contributed by atoms with Gasteiger partial charge < -0.3 is 19.5 Å². The van der Waals surface area contributed by atoms with Gasteiger partial charge >= 0.3 is 0 Å². The van der Waals surface area contributed by atoms with Gasteiger partial charge in [-0.25, -0.2) is 0 Å². The molecule has 0 aliphatic carbocycles. The SMILES string of the molecule is COc1cccc(CNC(=O)CN(C)Cc2ccc3c(c2)OCO3)c1. The molecule has 1 heterocycles. The van der Waals surface area contributed by atoms with Gasteiger partial charge in [0.1, 0.15) is 5.75 Å². The zero-order valence-electron chi connectivity index (χ0n) is 14.5. The molecule has 0 aromatic heterocycles. The first-order valence-corrected chi connectivity index (χ1v) is 8.11. The second kappa shape index (κ2) is 7.90. The van der Waals surface area contributed by atoms with E-state index < -0.39 is 0 Å². The summed E-state index contributed by atoms with van der Waals surface area (Å²) in [6, 6.07) is 13.5. The molecule has 6 heteroatoms. The summed E-state index contributed by atoms with van der Waals surface area (Å²) in [6.07, 6.45) is 0. The van der Waals surface area contributed by atoms with Gasteiger partial charge in [-0.1, -0.05) is 18.2 Å². The largest absolute Gasteiger partial charge is 0.497 e. The van der Waals surface area contributed by atoms with E-state index in [2.05, 4.69) is 5.32 Å². The topological polar surface area (TPSA) is 60.0 Å². The summed E-state index contributed by atoms with van der Waals surface area (Å²) in [5, 5.41) is 2.93. The van der Waals surface area contributed by atoms with Gasteiger partial charge in [0.25, 0.3) is 0 Å². The molecular weight excluding hydrogens is 320 g/mol. The van der Waals surface area contributed by atoms with Crippen LogP contribution in [0.5, 0.6) is 17.2 Å². The fourth-order valence-corrected chi connectivity index (χ4v) is 2.69. The lowest BCUT2D eigenvalue weighted by molar-refractivity contribution is -0.122. The number of carbonyl (C=O) groups is 1. The van der Waals surface area contributed by atoms with Crippen molar-refractivity contribution in [1.29, 1.82) is 0 Å². The van der Waals surface area contributed by atoms with Crippen molar-refractivity contribution >= 4 is 5.91 Å². The van der Waals surface area contributed by atoms with E-state index >= 15 is 0 Å². The van der Waals surface area contributed by atoms with E-state index in [4.69, 9.17) is 14.2 Å². The third kappa shape index (κ3) is 4.64. The second-order valence-electron chi connectivity index (χ2n) is 5.99. The molecule has 2 aromatic rings. The Kier molecular flexibility index (Phi) is 5.40. The summed E-state index contributed by atoms with van der Waals surface area (Å²) < 4.78 is 15.9. The Hall–Kier alpha value is -2.73. The zero-order chi connectivity index (χ0) is 17.6. The van der Waals surface area contributed by atoms with Crippen LogP contribution in [0.1, 0.15) is 11.1 Å². The number of ether oxygens (including phenoxy) is 3. The minimum absolute atomic E-state index is 0.0222. The highest BCUT2D eigenvalue weighted by Crippen LogP contribution is 2.32. The standard InChI is InChI=1S/C19H22N2O4/c1-21(11-15-6-7-17-18(9-15)25-13-24-17)12-19(22)20-10-14-4-3-5-16(8-14)23-2/h3-9H,10-13H2,1-2H3,(H,20,22). The van der Waals surface area contributed by atoms with Crippen molar-refractivity contribution in [2.45, 2.75) is 13.1 Å². The van der Waals surface area contributed by atoms with Crippen molar-refractivity contribution < 1.29 is 19.0 Å².